The van der Waals surface area contributed by atoms with Crippen LogP contribution in [-0.4, -0.2) is 12.3 Å². The number of allylic oxidation sites excluding steroid dienone is 2. The molecule has 1 heterocycles. The summed E-state index contributed by atoms with van der Waals surface area (Å²) in [7, 11) is 1.76. The second-order valence-corrected chi connectivity index (χ2v) is 10.3. The molecule has 0 radical (unpaired) electrons. The van der Waals surface area contributed by atoms with Gasteiger partial charge in [0.05, 0.1) is 7.11 Å². The molecule has 0 bridgehead atoms. The van der Waals surface area contributed by atoms with Gasteiger partial charge in [-0.3, -0.25) is 0 Å². The van der Waals surface area contributed by atoms with Crippen molar-refractivity contribution in [1.29, 1.82) is 0 Å². The van der Waals surface area contributed by atoms with Gasteiger partial charge in [-0.25, -0.2) is 0 Å². The summed E-state index contributed by atoms with van der Waals surface area (Å²) in [6, 6.07) is 16.6. The summed E-state index contributed by atoms with van der Waals surface area (Å²) >= 11 is 6.05. The highest BCUT2D eigenvalue weighted by molar-refractivity contribution is 6.30. The van der Waals surface area contributed by atoms with Crippen molar-refractivity contribution in [2.45, 2.75) is 44.9 Å². The predicted molar refractivity (Wildman–Crippen MR) is 128 cm³/mol. The average Bonchev–Trinajstić information content (AvgIpc) is 3.43. The zero-order valence-electron chi connectivity index (χ0n) is 18.6. The summed E-state index contributed by atoms with van der Waals surface area (Å²) in [5.74, 6) is 3.96. The lowest BCUT2D eigenvalue weighted by Gasteiger charge is -2.50. The molecular weight excluding hydrogens is 418 g/mol. The molecule has 2 aromatic carbocycles. The highest BCUT2D eigenvalue weighted by Crippen LogP contribution is 2.63. The van der Waals surface area contributed by atoms with Crippen LogP contribution in [-0.2, 0) is 6.42 Å². The van der Waals surface area contributed by atoms with E-state index in [1.54, 1.807) is 12.7 Å². The molecule has 0 unspecified atom stereocenters. The molecular formula is C28H28ClNO2. The van der Waals surface area contributed by atoms with Crippen LogP contribution >= 0.6 is 11.6 Å². The summed E-state index contributed by atoms with van der Waals surface area (Å²) < 4.78 is 11.4. The third kappa shape index (κ3) is 3.05. The van der Waals surface area contributed by atoms with E-state index < -0.39 is 0 Å². The lowest BCUT2D eigenvalue weighted by atomic mass is 9.54. The van der Waals surface area contributed by atoms with Crippen molar-refractivity contribution in [3.05, 3.63) is 76.5 Å². The minimum Gasteiger partial charge on any atom is -0.497 e. The molecule has 164 valence electrons. The Morgan fingerprint density at radius 1 is 1.09 bits per heavy atom. The number of hydrogen-bond acceptors (Lipinski definition) is 3. The van der Waals surface area contributed by atoms with Crippen LogP contribution in [0.25, 0.3) is 16.8 Å². The Kier molecular flexibility index (Phi) is 4.73. The van der Waals surface area contributed by atoms with Crippen LogP contribution in [0.5, 0.6) is 5.75 Å². The molecule has 1 aromatic heterocycles. The van der Waals surface area contributed by atoms with Gasteiger partial charge in [-0.05, 0) is 96.2 Å². The maximum absolute atomic E-state index is 6.05. The lowest BCUT2D eigenvalue weighted by molar-refractivity contribution is 0.0872. The molecule has 0 saturated heterocycles. The standard InChI is InChI=1S/C28H28ClNO2/c1-28-14-13-22-21-10-8-20(31-2)15-18(21)5-9-23(22)24(28)11-12-25(28)27-16-26(30-32-27)17-3-6-19(29)7-4-17/h3-4,6-8,10,12,15-16,22-24H,5,9,11,13-14H2,1-2H3/t22-,23-,24+,28+/m1/s1. The topological polar surface area (TPSA) is 35.3 Å². The van der Waals surface area contributed by atoms with Crippen molar-refractivity contribution in [3.8, 4) is 17.0 Å². The SMILES string of the molecule is COc1ccc2c(c1)CC[C@@H]1[C@@H]2CC[C@]2(C)C(c3cc(-c4ccc(Cl)cc4)no3)=CC[C@@H]12. The summed E-state index contributed by atoms with van der Waals surface area (Å²) in [6.07, 6.45) is 8.40. The molecule has 3 aliphatic rings. The van der Waals surface area contributed by atoms with Crippen molar-refractivity contribution >= 4 is 17.2 Å². The minimum absolute atomic E-state index is 0.155. The highest BCUT2D eigenvalue weighted by Gasteiger charge is 2.52. The molecule has 4 heteroatoms. The maximum Gasteiger partial charge on any atom is 0.163 e. The van der Waals surface area contributed by atoms with Gasteiger partial charge in [-0.15, -0.1) is 0 Å². The molecule has 0 N–H and O–H groups in total. The Bertz CT molecular complexity index is 1190. The van der Waals surface area contributed by atoms with E-state index in [1.165, 1.54) is 30.4 Å². The second-order valence-electron chi connectivity index (χ2n) is 9.87. The Balaban J connectivity index is 1.28. The number of fused-ring (bicyclic) bond motifs is 5. The first kappa shape index (κ1) is 20.1. The molecule has 3 aromatic rings. The van der Waals surface area contributed by atoms with E-state index in [9.17, 15) is 0 Å². The van der Waals surface area contributed by atoms with Gasteiger partial charge in [0.15, 0.2) is 5.76 Å². The van der Waals surface area contributed by atoms with E-state index in [-0.39, 0.29) is 5.41 Å². The van der Waals surface area contributed by atoms with Gasteiger partial charge < -0.3 is 9.26 Å². The van der Waals surface area contributed by atoms with Crippen molar-refractivity contribution in [3.63, 3.8) is 0 Å². The number of ether oxygens (including phenoxy) is 1. The molecule has 3 aliphatic carbocycles. The fourth-order valence-electron chi connectivity index (χ4n) is 6.79. The van der Waals surface area contributed by atoms with Gasteiger partial charge in [0.1, 0.15) is 11.4 Å². The minimum atomic E-state index is 0.155. The number of rotatable bonds is 3. The molecule has 32 heavy (non-hydrogen) atoms. The van der Waals surface area contributed by atoms with Crippen molar-refractivity contribution in [2.75, 3.05) is 7.11 Å². The van der Waals surface area contributed by atoms with E-state index in [0.717, 1.165) is 46.5 Å². The number of methoxy groups -OCH3 is 1. The van der Waals surface area contributed by atoms with Crippen molar-refractivity contribution in [1.82, 2.24) is 5.16 Å². The van der Waals surface area contributed by atoms with Crippen LogP contribution in [0.1, 0.15) is 55.4 Å². The molecule has 0 aliphatic heterocycles. The van der Waals surface area contributed by atoms with E-state index in [1.807, 2.05) is 24.3 Å². The highest BCUT2D eigenvalue weighted by atomic mass is 35.5. The van der Waals surface area contributed by atoms with Crippen LogP contribution in [0, 0.1) is 17.3 Å². The van der Waals surface area contributed by atoms with Crippen LogP contribution in [0.3, 0.4) is 0 Å². The monoisotopic (exact) mass is 445 g/mol. The molecule has 1 fully saturated rings. The number of halogens is 1. The zero-order chi connectivity index (χ0) is 21.9. The summed E-state index contributed by atoms with van der Waals surface area (Å²) in [6.45, 7) is 2.46. The zero-order valence-corrected chi connectivity index (χ0v) is 19.4. The lowest BCUT2D eigenvalue weighted by Crippen LogP contribution is -2.40. The molecule has 1 saturated carbocycles. The number of nitrogens with zero attached hydrogens (tertiary/aromatic N) is 1. The summed E-state index contributed by atoms with van der Waals surface area (Å²) in [4.78, 5) is 0. The molecule has 0 amide bonds. The first-order valence-corrected chi connectivity index (χ1v) is 12.0. The van der Waals surface area contributed by atoms with Crippen LogP contribution in [0.2, 0.25) is 5.02 Å². The molecule has 0 spiro atoms. The molecule has 6 rings (SSSR count). The predicted octanol–water partition coefficient (Wildman–Crippen LogP) is 7.55. The molecule has 4 atom stereocenters. The van der Waals surface area contributed by atoms with Gasteiger partial charge in [0.25, 0.3) is 0 Å². The molecule has 3 nitrogen and oxygen atoms in total. The number of aromatic nitrogens is 1. The van der Waals surface area contributed by atoms with Crippen LogP contribution < -0.4 is 4.74 Å². The summed E-state index contributed by atoms with van der Waals surface area (Å²) in [5, 5.41) is 5.12. The van der Waals surface area contributed by atoms with Crippen LogP contribution in [0.4, 0.5) is 0 Å². The Hall–Kier alpha value is -2.52. The van der Waals surface area contributed by atoms with Crippen molar-refractivity contribution in [2.24, 2.45) is 17.3 Å². The smallest absolute Gasteiger partial charge is 0.163 e. The number of hydrogen-bond donors (Lipinski definition) is 0. The number of aryl methyl sites for hydroxylation is 1. The van der Waals surface area contributed by atoms with Crippen molar-refractivity contribution < 1.29 is 9.26 Å². The second kappa shape index (κ2) is 7.52. The normalized spacial score (nSPS) is 28.5. The summed E-state index contributed by atoms with van der Waals surface area (Å²) in [5.41, 5.74) is 6.47. The van der Waals surface area contributed by atoms with E-state index in [2.05, 4.69) is 42.4 Å². The van der Waals surface area contributed by atoms with Gasteiger partial charge >= 0.3 is 0 Å². The fraction of sp³-hybridized carbons (Fsp3) is 0.393. The first-order chi connectivity index (χ1) is 15.6. The third-order valence-corrected chi connectivity index (χ3v) is 8.68. The fourth-order valence-corrected chi connectivity index (χ4v) is 6.92. The quantitative estimate of drug-likeness (QED) is 0.417. The Morgan fingerprint density at radius 2 is 1.94 bits per heavy atom. The van der Waals surface area contributed by atoms with Gasteiger partial charge in [-0.2, -0.15) is 0 Å². The third-order valence-electron chi connectivity index (χ3n) is 8.43. The van der Waals surface area contributed by atoms with Crippen LogP contribution in [0.15, 0.2) is 59.1 Å². The van der Waals surface area contributed by atoms with Gasteiger partial charge in [-0.1, -0.05) is 48.0 Å². The largest absolute Gasteiger partial charge is 0.497 e. The van der Waals surface area contributed by atoms with Gasteiger partial charge in [0.2, 0.25) is 0 Å². The number of benzene rings is 2. The van der Waals surface area contributed by atoms with E-state index in [4.69, 9.17) is 20.9 Å². The average molecular weight is 446 g/mol. The first-order valence-electron chi connectivity index (χ1n) is 11.7. The van der Waals surface area contributed by atoms with E-state index in [0.29, 0.717) is 11.8 Å². The van der Waals surface area contributed by atoms with Gasteiger partial charge in [0, 0.05) is 16.7 Å². The maximum atomic E-state index is 6.05. The Labute approximate surface area is 194 Å². The Morgan fingerprint density at radius 3 is 2.75 bits per heavy atom. The van der Waals surface area contributed by atoms with E-state index >= 15 is 0 Å².